The minimum atomic E-state index is -0.0486. The minimum absolute atomic E-state index is 0.0486. The topological polar surface area (TPSA) is 52.9 Å². The molecule has 3 heterocycles. The van der Waals surface area contributed by atoms with Crippen molar-refractivity contribution in [3.63, 3.8) is 0 Å². The number of para-hydroxylation sites is 1. The molecule has 1 saturated heterocycles. The van der Waals surface area contributed by atoms with Gasteiger partial charge in [-0.25, -0.2) is 9.78 Å². The summed E-state index contributed by atoms with van der Waals surface area (Å²) in [6.45, 7) is 3.75. The van der Waals surface area contributed by atoms with Crippen LogP contribution in [0.4, 0.5) is 10.5 Å². The van der Waals surface area contributed by atoms with E-state index in [0.717, 1.165) is 47.9 Å². The van der Waals surface area contributed by atoms with Gasteiger partial charge in [-0.15, -0.1) is 0 Å². The van der Waals surface area contributed by atoms with Crippen LogP contribution in [0.25, 0.3) is 16.9 Å². The molecule has 1 aliphatic heterocycles. The number of halogens is 1. The number of carbonyl (C=O) groups excluding carboxylic acids is 1. The Bertz CT molecular complexity index is 1210. The number of anilines is 1. The number of carbonyl (C=O) groups is 1. The molecule has 2 aromatic carbocycles. The summed E-state index contributed by atoms with van der Waals surface area (Å²) in [5, 5.41) is 3.69. The van der Waals surface area contributed by atoms with Gasteiger partial charge >= 0.3 is 6.03 Å². The second-order valence-electron chi connectivity index (χ2n) is 7.90. The van der Waals surface area contributed by atoms with Gasteiger partial charge in [0.25, 0.3) is 0 Å². The Morgan fingerprint density at radius 2 is 1.62 bits per heavy atom. The average molecular weight is 446 g/mol. The Morgan fingerprint density at radius 3 is 2.38 bits per heavy atom. The maximum Gasteiger partial charge on any atom is 0.321 e. The van der Waals surface area contributed by atoms with Crippen LogP contribution in [0.15, 0.2) is 79.0 Å². The van der Waals surface area contributed by atoms with Crippen molar-refractivity contribution in [2.75, 3.05) is 31.5 Å². The number of nitrogens with zero attached hydrogens (tertiary/aromatic N) is 4. The standard InChI is InChI=1S/C25H24ClN5O/c26-20-11-9-19(10-12-20)24-22(31-13-5-4-8-23(31)28-24)18-29-14-16-30(17-15-29)25(32)27-21-6-2-1-3-7-21/h1-13H,14-18H2,(H,27,32). The van der Waals surface area contributed by atoms with Crippen LogP contribution >= 0.6 is 11.6 Å². The number of imidazole rings is 1. The lowest BCUT2D eigenvalue weighted by atomic mass is 10.1. The fraction of sp³-hybridized carbons (Fsp3) is 0.200. The monoisotopic (exact) mass is 445 g/mol. The lowest BCUT2D eigenvalue weighted by molar-refractivity contribution is 0.142. The molecule has 162 valence electrons. The molecule has 0 bridgehead atoms. The molecule has 0 radical (unpaired) electrons. The van der Waals surface area contributed by atoms with E-state index >= 15 is 0 Å². The number of hydrogen-bond acceptors (Lipinski definition) is 3. The van der Waals surface area contributed by atoms with Crippen molar-refractivity contribution >= 4 is 29.0 Å². The molecule has 0 atom stereocenters. The highest BCUT2D eigenvalue weighted by Gasteiger charge is 2.23. The molecule has 6 nitrogen and oxygen atoms in total. The highest BCUT2D eigenvalue weighted by Crippen LogP contribution is 2.27. The fourth-order valence-electron chi connectivity index (χ4n) is 4.08. The van der Waals surface area contributed by atoms with Crippen molar-refractivity contribution in [2.24, 2.45) is 0 Å². The van der Waals surface area contributed by atoms with Gasteiger partial charge in [-0.2, -0.15) is 0 Å². The summed E-state index contributed by atoms with van der Waals surface area (Å²) in [7, 11) is 0. The van der Waals surface area contributed by atoms with Crippen LogP contribution in [0.2, 0.25) is 5.02 Å². The third-order valence-corrected chi connectivity index (χ3v) is 6.06. The van der Waals surface area contributed by atoms with Crippen LogP contribution in [-0.2, 0) is 6.54 Å². The maximum absolute atomic E-state index is 12.6. The molecule has 0 aliphatic carbocycles. The molecule has 0 spiro atoms. The number of benzene rings is 2. The first kappa shape index (κ1) is 20.5. The lowest BCUT2D eigenvalue weighted by Crippen LogP contribution is -2.49. The maximum atomic E-state index is 12.6. The second-order valence-corrected chi connectivity index (χ2v) is 8.34. The quantitative estimate of drug-likeness (QED) is 0.480. The predicted octanol–water partition coefficient (Wildman–Crippen LogP) is 5.00. The number of fused-ring (bicyclic) bond motifs is 1. The summed E-state index contributed by atoms with van der Waals surface area (Å²) in [6.07, 6.45) is 2.06. The molecule has 1 fully saturated rings. The predicted molar refractivity (Wildman–Crippen MR) is 128 cm³/mol. The molecule has 4 aromatic rings. The first-order chi connectivity index (χ1) is 15.7. The summed E-state index contributed by atoms with van der Waals surface area (Å²) in [4.78, 5) is 21.7. The van der Waals surface area contributed by atoms with Crippen molar-refractivity contribution < 1.29 is 4.79 Å². The summed E-state index contributed by atoms with van der Waals surface area (Å²) in [6, 6.07) is 23.4. The molecule has 5 rings (SSSR count). The van der Waals surface area contributed by atoms with Gasteiger partial charge in [0.2, 0.25) is 0 Å². The van der Waals surface area contributed by atoms with Gasteiger partial charge < -0.3 is 14.6 Å². The van der Waals surface area contributed by atoms with Gasteiger partial charge in [-0.1, -0.05) is 48.0 Å². The van der Waals surface area contributed by atoms with E-state index in [0.29, 0.717) is 18.1 Å². The molecule has 7 heteroatoms. The van der Waals surface area contributed by atoms with Gasteiger partial charge in [-0.3, -0.25) is 4.90 Å². The fourth-order valence-corrected chi connectivity index (χ4v) is 4.21. The van der Waals surface area contributed by atoms with Crippen molar-refractivity contribution in [1.29, 1.82) is 0 Å². The minimum Gasteiger partial charge on any atom is -0.322 e. The van der Waals surface area contributed by atoms with E-state index in [-0.39, 0.29) is 6.03 Å². The first-order valence-electron chi connectivity index (χ1n) is 10.7. The number of pyridine rings is 1. The van der Waals surface area contributed by atoms with Crippen molar-refractivity contribution in [3.05, 3.63) is 89.7 Å². The zero-order valence-electron chi connectivity index (χ0n) is 17.6. The highest BCUT2D eigenvalue weighted by atomic mass is 35.5. The number of urea groups is 1. The number of rotatable bonds is 4. The Kier molecular flexibility index (Phi) is 5.79. The summed E-state index contributed by atoms with van der Waals surface area (Å²) < 4.78 is 2.15. The molecule has 1 aliphatic rings. The zero-order chi connectivity index (χ0) is 21.9. The Hall–Kier alpha value is -3.35. The number of piperazine rings is 1. The Balaban J connectivity index is 1.31. The highest BCUT2D eigenvalue weighted by molar-refractivity contribution is 6.30. The molecule has 0 saturated carbocycles. The van der Waals surface area contributed by atoms with Gasteiger partial charge in [-0.05, 0) is 36.4 Å². The van der Waals surface area contributed by atoms with Crippen molar-refractivity contribution in [2.45, 2.75) is 6.54 Å². The zero-order valence-corrected chi connectivity index (χ0v) is 18.4. The van der Waals surface area contributed by atoms with Crippen LogP contribution in [-0.4, -0.2) is 51.4 Å². The Morgan fingerprint density at radius 1 is 0.906 bits per heavy atom. The molecule has 2 amide bonds. The van der Waals surface area contributed by atoms with Gasteiger partial charge in [0.1, 0.15) is 5.65 Å². The van der Waals surface area contributed by atoms with Gasteiger partial charge in [0.15, 0.2) is 0 Å². The number of amides is 2. The van der Waals surface area contributed by atoms with E-state index in [9.17, 15) is 4.79 Å². The van der Waals surface area contributed by atoms with E-state index in [2.05, 4.69) is 20.8 Å². The first-order valence-corrected chi connectivity index (χ1v) is 11.1. The number of hydrogen-bond donors (Lipinski definition) is 1. The SMILES string of the molecule is O=C(Nc1ccccc1)N1CCN(Cc2c(-c3ccc(Cl)cc3)nc3ccccn23)CC1. The second kappa shape index (κ2) is 9.02. The molecule has 0 unspecified atom stereocenters. The normalized spacial score (nSPS) is 14.6. The van der Waals surface area contributed by atoms with E-state index < -0.39 is 0 Å². The van der Waals surface area contributed by atoms with Crippen LogP contribution in [0.1, 0.15) is 5.69 Å². The van der Waals surface area contributed by atoms with Crippen LogP contribution in [0.5, 0.6) is 0 Å². The smallest absolute Gasteiger partial charge is 0.321 e. The van der Waals surface area contributed by atoms with Crippen LogP contribution in [0.3, 0.4) is 0 Å². The number of nitrogens with one attached hydrogen (secondary N) is 1. The molecular weight excluding hydrogens is 422 g/mol. The molecular formula is C25H24ClN5O. The van der Waals surface area contributed by atoms with Crippen LogP contribution in [0, 0.1) is 0 Å². The van der Waals surface area contributed by atoms with E-state index in [1.54, 1.807) is 0 Å². The molecule has 1 N–H and O–H groups in total. The average Bonchev–Trinajstić information content (AvgIpc) is 3.19. The van der Waals surface area contributed by atoms with E-state index in [1.807, 2.05) is 77.7 Å². The van der Waals surface area contributed by atoms with Gasteiger partial charge in [0.05, 0.1) is 11.4 Å². The van der Waals surface area contributed by atoms with E-state index in [4.69, 9.17) is 16.6 Å². The summed E-state index contributed by atoms with van der Waals surface area (Å²) in [5.74, 6) is 0. The Labute approximate surface area is 192 Å². The van der Waals surface area contributed by atoms with E-state index in [1.165, 1.54) is 0 Å². The van der Waals surface area contributed by atoms with Crippen LogP contribution < -0.4 is 5.32 Å². The molecule has 32 heavy (non-hydrogen) atoms. The largest absolute Gasteiger partial charge is 0.322 e. The third kappa shape index (κ3) is 4.33. The van der Waals surface area contributed by atoms with Gasteiger partial charge in [0, 0.05) is 55.2 Å². The third-order valence-electron chi connectivity index (χ3n) is 5.80. The summed E-state index contributed by atoms with van der Waals surface area (Å²) in [5.41, 5.74) is 4.91. The number of aromatic nitrogens is 2. The van der Waals surface area contributed by atoms with Crippen molar-refractivity contribution in [1.82, 2.24) is 19.2 Å². The molecule has 2 aromatic heterocycles. The summed E-state index contributed by atoms with van der Waals surface area (Å²) >= 11 is 6.09. The lowest BCUT2D eigenvalue weighted by Gasteiger charge is -2.34. The van der Waals surface area contributed by atoms with Crippen molar-refractivity contribution in [3.8, 4) is 11.3 Å².